The van der Waals surface area contributed by atoms with Crippen molar-refractivity contribution < 1.29 is 39.5 Å². The van der Waals surface area contributed by atoms with E-state index >= 15 is 0 Å². The van der Waals surface area contributed by atoms with Gasteiger partial charge in [0.25, 0.3) is 0 Å². The number of carboxylic acid groups (broad SMARTS) is 2. The predicted molar refractivity (Wildman–Crippen MR) is 193 cm³/mol. The number of carbonyl (C=O) groups is 2. The maximum absolute atomic E-state index is 12.3. The van der Waals surface area contributed by atoms with Crippen LogP contribution < -0.4 is 9.47 Å². The van der Waals surface area contributed by atoms with Crippen molar-refractivity contribution in [2.45, 2.75) is 131 Å². The van der Waals surface area contributed by atoms with Crippen molar-refractivity contribution in [3.05, 3.63) is 57.7 Å². The maximum Gasteiger partial charge on any atom is 0.339 e. The van der Waals surface area contributed by atoms with Crippen molar-refractivity contribution in [2.75, 3.05) is 7.11 Å². The average Bonchev–Trinajstić information content (AvgIpc) is 3.05. The summed E-state index contributed by atoms with van der Waals surface area (Å²) in [4.78, 5) is 23.3. The Hall–Kier alpha value is -3.68. The number of aromatic hydroxyl groups is 2. The molecule has 0 spiro atoms. The third-order valence-corrected chi connectivity index (χ3v) is 14.6. The summed E-state index contributed by atoms with van der Waals surface area (Å²) < 4.78 is 11.0. The molecule has 1 heterocycles. The van der Waals surface area contributed by atoms with Gasteiger partial charge >= 0.3 is 11.9 Å². The summed E-state index contributed by atoms with van der Waals surface area (Å²) >= 11 is 0. The van der Waals surface area contributed by atoms with Crippen LogP contribution in [0.25, 0.3) is 0 Å². The summed E-state index contributed by atoms with van der Waals surface area (Å²) in [6.07, 6.45) is 11.7. The zero-order chi connectivity index (χ0) is 36.8. The Morgan fingerprint density at radius 3 is 2.20 bits per heavy atom. The Balaban J connectivity index is 0.000000214. The molecule has 50 heavy (non-hydrogen) atoms. The van der Waals surface area contributed by atoms with Crippen LogP contribution in [-0.4, -0.2) is 45.1 Å². The van der Waals surface area contributed by atoms with Gasteiger partial charge in [-0.1, -0.05) is 39.3 Å². The maximum atomic E-state index is 12.3. The molecule has 4 aliphatic carbocycles. The summed E-state index contributed by atoms with van der Waals surface area (Å²) in [6.45, 7) is 17.6. The van der Waals surface area contributed by atoms with Crippen molar-refractivity contribution in [3.8, 4) is 23.0 Å². The molecule has 4 N–H and O–H groups in total. The highest BCUT2D eigenvalue weighted by atomic mass is 16.5. The molecule has 0 aromatic heterocycles. The lowest BCUT2D eigenvalue weighted by atomic mass is 9.34. The summed E-state index contributed by atoms with van der Waals surface area (Å²) in [6, 6.07) is 5.05. The number of hydrogen-bond donors (Lipinski definition) is 4. The monoisotopic (exact) mass is 688 g/mol. The minimum atomic E-state index is -0.977. The van der Waals surface area contributed by atoms with E-state index in [0.29, 0.717) is 11.7 Å². The van der Waals surface area contributed by atoms with E-state index in [4.69, 9.17) is 14.6 Å². The van der Waals surface area contributed by atoms with Crippen LogP contribution in [0.4, 0.5) is 0 Å². The second kappa shape index (κ2) is 11.7. The van der Waals surface area contributed by atoms with Gasteiger partial charge < -0.3 is 29.9 Å². The zero-order valence-corrected chi connectivity index (χ0v) is 31.4. The topological polar surface area (TPSA) is 134 Å². The van der Waals surface area contributed by atoms with E-state index in [2.05, 4.69) is 33.8 Å². The number of benzene rings is 2. The van der Waals surface area contributed by atoms with Gasteiger partial charge in [-0.05, 0) is 149 Å². The van der Waals surface area contributed by atoms with Crippen molar-refractivity contribution >= 4 is 11.9 Å². The molecule has 8 nitrogen and oxygen atoms in total. The zero-order valence-electron chi connectivity index (χ0n) is 31.4. The number of methoxy groups -OCH3 is 1. The quantitative estimate of drug-likeness (QED) is 0.185. The summed E-state index contributed by atoms with van der Waals surface area (Å²) in [5.41, 5.74) is 4.84. The van der Waals surface area contributed by atoms with E-state index in [-0.39, 0.29) is 44.3 Å². The fraction of sp³-hybridized carbons (Fsp3) is 0.619. The van der Waals surface area contributed by atoms with Crippen LogP contribution in [-0.2, 0) is 23.1 Å². The lowest BCUT2D eigenvalue weighted by molar-refractivity contribution is -0.177. The van der Waals surface area contributed by atoms with Gasteiger partial charge in [-0.25, -0.2) is 4.79 Å². The first-order valence-corrected chi connectivity index (χ1v) is 18.3. The largest absolute Gasteiger partial charge is 0.504 e. The minimum absolute atomic E-state index is 0.00431. The smallest absolute Gasteiger partial charge is 0.339 e. The molecule has 0 radical (unpaired) electrons. The average molecular weight is 689 g/mol. The minimum Gasteiger partial charge on any atom is -0.504 e. The molecule has 2 aromatic rings. The van der Waals surface area contributed by atoms with Crippen molar-refractivity contribution in [2.24, 2.45) is 27.6 Å². The number of phenolic OH excluding ortho intramolecular Hbond substituents is 2. The predicted octanol–water partition coefficient (Wildman–Crippen LogP) is 9.14. The fourth-order valence-corrected chi connectivity index (χ4v) is 11.0. The van der Waals surface area contributed by atoms with Crippen LogP contribution in [0.2, 0.25) is 0 Å². The van der Waals surface area contributed by atoms with Crippen LogP contribution in [0.3, 0.4) is 0 Å². The van der Waals surface area contributed by atoms with Gasteiger partial charge in [0.1, 0.15) is 22.7 Å². The third-order valence-electron chi connectivity index (χ3n) is 14.6. The second-order valence-electron chi connectivity index (χ2n) is 17.9. The molecule has 272 valence electrons. The molecule has 3 saturated carbocycles. The van der Waals surface area contributed by atoms with Crippen molar-refractivity contribution in [1.29, 1.82) is 0 Å². The number of hydrogen-bond acceptors (Lipinski definition) is 6. The van der Waals surface area contributed by atoms with Crippen LogP contribution in [0.1, 0.15) is 132 Å². The number of carboxylic acids is 2. The molecule has 0 bridgehead atoms. The molecule has 5 aliphatic rings. The number of phenols is 2. The first-order valence-electron chi connectivity index (χ1n) is 18.3. The number of allylic oxidation sites excluding steroid dienone is 2. The Morgan fingerprint density at radius 2 is 1.56 bits per heavy atom. The van der Waals surface area contributed by atoms with Crippen LogP contribution in [0.5, 0.6) is 23.0 Å². The van der Waals surface area contributed by atoms with Gasteiger partial charge in [0.2, 0.25) is 0 Å². The number of ether oxygens (including phenoxy) is 2. The molecule has 1 aliphatic heterocycles. The van der Waals surface area contributed by atoms with E-state index in [1.807, 2.05) is 33.8 Å². The second-order valence-corrected chi connectivity index (χ2v) is 17.9. The van der Waals surface area contributed by atoms with E-state index in [1.54, 1.807) is 6.07 Å². The first kappa shape index (κ1) is 36.1. The number of aromatic carboxylic acids is 1. The number of aliphatic carboxylic acids is 1. The van der Waals surface area contributed by atoms with E-state index in [9.17, 15) is 24.9 Å². The normalized spacial score (nSPS) is 34.8. The summed E-state index contributed by atoms with van der Waals surface area (Å²) in [7, 11) is 1.49. The Labute approximate surface area is 296 Å². The highest BCUT2D eigenvalue weighted by Crippen LogP contribution is 2.74. The third kappa shape index (κ3) is 5.21. The Bertz CT molecular complexity index is 1790. The molecule has 0 saturated heterocycles. The lowest BCUT2D eigenvalue weighted by Crippen LogP contribution is -2.62. The summed E-state index contributed by atoms with van der Waals surface area (Å²) in [5.74, 6) is -0.112. The highest BCUT2D eigenvalue weighted by molar-refractivity contribution is 5.92. The number of fused-ring (bicyclic) bond motifs is 8. The lowest BCUT2D eigenvalue weighted by Gasteiger charge is -2.69. The van der Waals surface area contributed by atoms with Gasteiger partial charge in [-0.15, -0.1) is 0 Å². The highest BCUT2D eigenvalue weighted by Gasteiger charge is 2.67. The van der Waals surface area contributed by atoms with Gasteiger partial charge in [0.15, 0.2) is 11.5 Å². The molecule has 0 amide bonds. The molecular weight excluding hydrogens is 632 g/mol. The SMILES string of the molecule is COc1c(C(=O)O)ccc2c1CCC(C)(C)O2.Cc1c(O)c(O)cc2c1CC=C1C2(C)CCC2(C)C3CC(C)(C(=O)O)CCC3(C)CCC12C. The molecule has 8 heteroatoms. The van der Waals surface area contributed by atoms with Gasteiger partial charge in [0.05, 0.1) is 12.5 Å². The van der Waals surface area contributed by atoms with Gasteiger partial charge in [0, 0.05) is 11.0 Å². The fourth-order valence-electron chi connectivity index (χ4n) is 11.0. The standard InChI is InChI=1S/C29H40O4.C13H16O4/c1-17-18-7-8-21-27(4,19(18)15-20(30)23(17)31)12-14-29(6)22-16-26(3,24(32)33)10-9-25(22,2)11-13-28(21,29)5;1-13(2)7-6-8-10(17-13)5-4-9(12(14)15)11(8)16-3/h8,15,22,30-31H,7,9-14,16H2,1-6H3,(H,32,33);4-5H,6-7H2,1-3H3,(H,14,15). The van der Waals surface area contributed by atoms with Gasteiger partial charge in [-0.3, -0.25) is 4.79 Å². The Kier molecular flexibility index (Phi) is 8.43. The Morgan fingerprint density at radius 1 is 0.880 bits per heavy atom. The molecule has 7 rings (SSSR count). The van der Waals surface area contributed by atoms with E-state index in [1.165, 1.54) is 24.3 Å². The van der Waals surface area contributed by atoms with E-state index in [0.717, 1.165) is 86.6 Å². The van der Waals surface area contributed by atoms with Crippen LogP contribution in [0, 0.1) is 34.5 Å². The number of rotatable bonds is 3. The molecule has 2 aromatic carbocycles. The van der Waals surface area contributed by atoms with Crippen molar-refractivity contribution in [1.82, 2.24) is 0 Å². The molecule has 6 unspecified atom stereocenters. The van der Waals surface area contributed by atoms with Crippen LogP contribution >= 0.6 is 0 Å². The van der Waals surface area contributed by atoms with Crippen molar-refractivity contribution in [3.63, 3.8) is 0 Å². The molecule has 3 fully saturated rings. The van der Waals surface area contributed by atoms with Gasteiger partial charge in [-0.2, -0.15) is 0 Å². The van der Waals surface area contributed by atoms with Crippen LogP contribution in [0.15, 0.2) is 29.8 Å². The molecular formula is C42H56O8. The first-order chi connectivity index (χ1) is 23.2. The van der Waals surface area contributed by atoms with E-state index < -0.39 is 17.4 Å². The molecule has 6 atom stereocenters. The summed E-state index contributed by atoms with van der Waals surface area (Å²) in [5, 5.41) is 40.0.